The molecule has 2 aromatic carbocycles. The summed E-state index contributed by atoms with van der Waals surface area (Å²) in [5, 5.41) is 5.75. The molecule has 0 aliphatic heterocycles. The maximum Gasteiger partial charge on any atom is 0.321 e. The van der Waals surface area contributed by atoms with E-state index >= 15 is 0 Å². The summed E-state index contributed by atoms with van der Waals surface area (Å²) in [5.74, 6) is -0.0718. The summed E-state index contributed by atoms with van der Waals surface area (Å²) in [4.78, 5) is 25.6. The molecule has 2 aromatic rings. The molecule has 0 saturated heterocycles. The van der Waals surface area contributed by atoms with Crippen LogP contribution in [0.4, 0.5) is 10.5 Å². The summed E-state index contributed by atoms with van der Waals surface area (Å²) in [5.41, 5.74) is 5.01. The molecule has 1 aliphatic carbocycles. The first-order valence-corrected chi connectivity index (χ1v) is 8.50. The van der Waals surface area contributed by atoms with Crippen LogP contribution in [0.2, 0.25) is 0 Å². The molecule has 2 N–H and O–H groups in total. The van der Waals surface area contributed by atoms with Crippen LogP contribution in [0.1, 0.15) is 33.5 Å². The van der Waals surface area contributed by atoms with Crippen LogP contribution in [-0.4, -0.2) is 30.9 Å². The number of nitrogens with one attached hydrogen (secondary N) is 2. The summed E-state index contributed by atoms with van der Waals surface area (Å²) >= 11 is 0. The SMILES string of the molecule is CN(C)C(=O)Nc1cccc(CNC(=O)c2ccc3c(c2)CCC3)c1. The molecule has 0 atom stereocenters. The molecule has 1 aliphatic rings. The van der Waals surface area contributed by atoms with Crippen LogP contribution in [0.5, 0.6) is 0 Å². The molecule has 3 rings (SSSR count). The predicted octanol–water partition coefficient (Wildman–Crippen LogP) is 3.20. The zero-order valence-corrected chi connectivity index (χ0v) is 14.6. The molecule has 130 valence electrons. The number of anilines is 1. The van der Waals surface area contributed by atoms with Crippen molar-refractivity contribution in [1.29, 1.82) is 0 Å². The van der Waals surface area contributed by atoms with E-state index in [0.29, 0.717) is 17.8 Å². The van der Waals surface area contributed by atoms with E-state index in [1.807, 2.05) is 36.4 Å². The maximum absolute atomic E-state index is 12.4. The minimum Gasteiger partial charge on any atom is -0.348 e. The van der Waals surface area contributed by atoms with Crippen molar-refractivity contribution in [2.24, 2.45) is 0 Å². The van der Waals surface area contributed by atoms with Gasteiger partial charge in [0.25, 0.3) is 5.91 Å². The van der Waals surface area contributed by atoms with Crippen LogP contribution in [-0.2, 0) is 19.4 Å². The number of fused-ring (bicyclic) bond motifs is 1. The molecule has 5 heteroatoms. The van der Waals surface area contributed by atoms with E-state index in [9.17, 15) is 9.59 Å². The lowest BCUT2D eigenvalue weighted by Gasteiger charge is -2.13. The predicted molar refractivity (Wildman–Crippen MR) is 98.8 cm³/mol. The summed E-state index contributed by atoms with van der Waals surface area (Å²) in [6, 6.07) is 13.3. The molecule has 0 heterocycles. The van der Waals surface area contributed by atoms with Gasteiger partial charge in [0.15, 0.2) is 0 Å². The number of hydrogen-bond donors (Lipinski definition) is 2. The third-order valence-electron chi connectivity index (χ3n) is 4.40. The summed E-state index contributed by atoms with van der Waals surface area (Å²) in [6.07, 6.45) is 3.35. The van der Waals surface area contributed by atoms with Crippen molar-refractivity contribution in [1.82, 2.24) is 10.2 Å². The van der Waals surface area contributed by atoms with Gasteiger partial charge in [-0.2, -0.15) is 0 Å². The van der Waals surface area contributed by atoms with E-state index in [1.165, 1.54) is 22.4 Å². The van der Waals surface area contributed by atoms with Gasteiger partial charge in [0, 0.05) is 31.9 Å². The monoisotopic (exact) mass is 337 g/mol. The Morgan fingerprint density at radius 2 is 1.84 bits per heavy atom. The maximum atomic E-state index is 12.4. The Morgan fingerprint density at radius 3 is 2.64 bits per heavy atom. The highest BCUT2D eigenvalue weighted by molar-refractivity contribution is 5.94. The number of benzene rings is 2. The molecule has 25 heavy (non-hydrogen) atoms. The standard InChI is InChI=1S/C20H23N3O2/c1-23(2)20(25)22-18-8-3-5-14(11-18)13-21-19(24)17-10-9-15-6-4-7-16(15)12-17/h3,5,8-12H,4,6-7,13H2,1-2H3,(H,21,24)(H,22,25). The number of carbonyl (C=O) groups is 2. The van der Waals surface area contributed by atoms with E-state index in [-0.39, 0.29) is 11.9 Å². The van der Waals surface area contributed by atoms with Crippen molar-refractivity contribution in [2.75, 3.05) is 19.4 Å². The molecule has 3 amide bonds. The van der Waals surface area contributed by atoms with Crippen molar-refractivity contribution >= 4 is 17.6 Å². The number of amides is 3. The normalized spacial score (nSPS) is 12.4. The third kappa shape index (κ3) is 4.18. The van der Waals surface area contributed by atoms with Gasteiger partial charge in [-0.3, -0.25) is 4.79 Å². The highest BCUT2D eigenvalue weighted by atomic mass is 16.2. The van der Waals surface area contributed by atoms with Gasteiger partial charge in [0.2, 0.25) is 0 Å². The minimum atomic E-state index is -0.181. The number of rotatable bonds is 4. The second kappa shape index (κ2) is 7.38. The van der Waals surface area contributed by atoms with Gasteiger partial charge in [-0.1, -0.05) is 18.2 Å². The van der Waals surface area contributed by atoms with Crippen LogP contribution in [0.15, 0.2) is 42.5 Å². The van der Waals surface area contributed by atoms with Crippen LogP contribution in [0.3, 0.4) is 0 Å². The zero-order chi connectivity index (χ0) is 17.8. The van der Waals surface area contributed by atoms with Gasteiger partial charge in [0.1, 0.15) is 0 Å². The molecule has 0 saturated carbocycles. The van der Waals surface area contributed by atoms with E-state index < -0.39 is 0 Å². The molecule has 0 aromatic heterocycles. The smallest absolute Gasteiger partial charge is 0.321 e. The molecule has 0 radical (unpaired) electrons. The van der Waals surface area contributed by atoms with Crippen LogP contribution < -0.4 is 10.6 Å². The molecule has 5 nitrogen and oxygen atoms in total. The highest BCUT2D eigenvalue weighted by Crippen LogP contribution is 2.22. The topological polar surface area (TPSA) is 61.4 Å². The van der Waals surface area contributed by atoms with E-state index in [4.69, 9.17) is 0 Å². The van der Waals surface area contributed by atoms with E-state index in [2.05, 4.69) is 16.7 Å². The summed E-state index contributed by atoms with van der Waals surface area (Å²) in [6.45, 7) is 0.418. The first kappa shape index (κ1) is 17.0. The molecule has 0 spiro atoms. The van der Waals surface area contributed by atoms with Crippen LogP contribution in [0, 0.1) is 0 Å². The fourth-order valence-corrected chi connectivity index (χ4v) is 2.99. The van der Waals surface area contributed by atoms with Gasteiger partial charge < -0.3 is 15.5 Å². The van der Waals surface area contributed by atoms with Crippen LogP contribution in [0.25, 0.3) is 0 Å². The Balaban J connectivity index is 1.61. The quantitative estimate of drug-likeness (QED) is 0.900. The third-order valence-corrected chi connectivity index (χ3v) is 4.40. The Morgan fingerprint density at radius 1 is 1.04 bits per heavy atom. The molecular weight excluding hydrogens is 314 g/mol. The first-order valence-electron chi connectivity index (χ1n) is 8.50. The van der Waals surface area contributed by atoms with Gasteiger partial charge >= 0.3 is 6.03 Å². The fourth-order valence-electron chi connectivity index (χ4n) is 2.99. The minimum absolute atomic E-state index is 0.0718. The summed E-state index contributed by atoms with van der Waals surface area (Å²) in [7, 11) is 3.38. The largest absolute Gasteiger partial charge is 0.348 e. The Kier molecular flexibility index (Phi) is 5.03. The number of aryl methyl sites for hydroxylation is 2. The van der Waals surface area contributed by atoms with Crippen molar-refractivity contribution in [3.8, 4) is 0 Å². The Labute approximate surface area is 148 Å². The molecule has 0 fully saturated rings. The average Bonchev–Trinajstić information content (AvgIpc) is 3.07. The molecule has 0 bridgehead atoms. The molecular formula is C20H23N3O2. The van der Waals surface area contributed by atoms with Crippen LogP contribution >= 0.6 is 0 Å². The number of hydrogen-bond acceptors (Lipinski definition) is 2. The Hall–Kier alpha value is -2.82. The van der Waals surface area contributed by atoms with E-state index in [1.54, 1.807) is 14.1 Å². The number of urea groups is 1. The Bertz CT molecular complexity index is 799. The second-order valence-corrected chi connectivity index (χ2v) is 6.54. The van der Waals surface area contributed by atoms with Gasteiger partial charge in [0.05, 0.1) is 0 Å². The van der Waals surface area contributed by atoms with Gasteiger partial charge in [-0.15, -0.1) is 0 Å². The number of carbonyl (C=O) groups excluding carboxylic acids is 2. The van der Waals surface area contributed by atoms with E-state index in [0.717, 1.165) is 18.4 Å². The highest BCUT2D eigenvalue weighted by Gasteiger charge is 2.14. The molecule has 0 unspecified atom stereocenters. The zero-order valence-electron chi connectivity index (χ0n) is 14.6. The van der Waals surface area contributed by atoms with Crippen molar-refractivity contribution in [3.05, 3.63) is 64.7 Å². The van der Waals surface area contributed by atoms with Gasteiger partial charge in [-0.05, 0) is 60.2 Å². The lowest BCUT2D eigenvalue weighted by Crippen LogP contribution is -2.27. The second-order valence-electron chi connectivity index (χ2n) is 6.54. The average molecular weight is 337 g/mol. The van der Waals surface area contributed by atoms with Crippen molar-refractivity contribution in [2.45, 2.75) is 25.8 Å². The number of nitrogens with zero attached hydrogens (tertiary/aromatic N) is 1. The van der Waals surface area contributed by atoms with Crippen molar-refractivity contribution < 1.29 is 9.59 Å². The van der Waals surface area contributed by atoms with Gasteiger partial charge in [-0.25, -0.2) is 4.79 Å². The van der Waals surface area contributed by atoms with Crippen molar-refractivity contribution in [3.63, 3.8) is 0 Å². The fraction of sp³-hybridized carbons (Fsp3) is 0.300. The summed E-state index contributed by atoms with van der Waals surface area (Å²) < 4.78 is 0. The lowest BCUT2D eigenvalue weighted by atomic mass is 10.1. The lowest BCUT2D eigenvalue weighted by molar-refractivity contribution is 0.0951. The first-order chi connectivity index (χ1) is 12.0.